The molecule has 0 unspecified atom stereocenters. The van der Waals surface area contributed by atoms with Gasteiger partial charge in [-0.05, 0) is 53.9 Å². The van der Waals surface area contributed by atoms with Gasteiger partial charge in [-0.2, -0.15) is 0 Å². The second kappa shape index (κ2) is 11.2. The average molecular weight is 451 g/mol. The summed E-state index contributed by atoms with van der Waals surface area (Å²) in [5.41, 5.74) is 2.12. The van der Waals surface area contributed by atoms with Crippen LogP contribution in [0.4, 0.5) is 17.6 Å². The highest BCUT2D eigenvalue weighted by molar-refractivity contribution is 5.65. The molecule has 1 aliphatic rings. The predicted molar refractivity (Wildman–Crippen MR) is 121 cm³/mol. The van der Waals surface area contributed by atoms with Crippen LogP contribution in [0.2, 0.25) is 0 Å². The molecule has 0 amide bonds. The van der Waals surface area contributed by atoms with Crippen LogP contribution in [-0.2, 0) is 6.42 Å². The minimum absolute atomic E-state index is 0.266. The Morgan fingerprint density at radius 1 is 0.906 bits per heavy atom. The minimum atomic E-state index is -4.83. The first kappa shape index (κ1) is 24.6. The number of hydrogen-bond acceptors (Lipinski definition) is 1. The first-order valence-electron chi connectivity index (χ1n) is 11.8. The predicted octanol–water partition coefficient (Wildman–Crippen LogP) is 8.96. The molecule has 0 aromatic heterocycles. The molecular formula is C27H34F4O. The first-order chi connectivity index (χ1) is 15.2. The van der Waals surface area contributed by atoms with Crippen LogP contribution in [-0.4, -0.2) is 6.36 Å². The summed E-state index contributed by atoms with van der Waals surface area (Å²) in [4.78, 5) is 0. The molecule has 5 heteroatoms. The first-order valence-corrected chi connectivity index (χ1v) is 11.8. The second-order valence-electron chi connectivity index (χ2n) is 9.64. The molecule has 176 valence electrons. The van der Waals surface area contributed by atoms with Crippen molar-refractivity contribution in [2.24, 2.45) is 17.8 Å². The molecule has 1 saturated carbocycles. The summed E-state index contributed by atoms with van der Waals surface area (Å²) in [7, 11) is 0. The van der Waals surface area contributed by atoms with Gasteiger partial charge >= 0.3 is 6.36 Å². The highest BCUT2D eigenvalue weighted by atomic mass is 19.4. The third-order valence-electron chi connectivity index (χ3n) is 6.64. The molecule has 0 atom stereocenters. The summed E-state index contributed by atoms with van der Waals surface area (Å²) in [6.45, 7) is 4.59. The van der Waals surface area contributed by atoms with Crippen molar-refractivity contribution in [2.75, 3.05) is 0 Å². The molecule has 1 nitrogen and oxygen atoms in total. The van der Waals surface area contributed by atoms with Crippen molar-refractivity contribution in [3.8, 4) is 16.9 Å². The van der Waals surface area contributed by atoms with Crippen LogP contribution < -0.4 is 4.74 Å². The van der Waals surface area contributed by atoms with E-state index in [0.717, 1.165) is 36.3 Å². The van der Waals surface area contributed by atoms with Gasteiger partial charge in [0.1, 0.15) is 11.6 Å². The second-order valence-corrected chi connectivity index (χ2v) is 9.64. The molecule has 1 aliphatic carbocycles. The summed E-state index contributed by atoms with van der Waals surface area (Å²) in [6, 6.07) is 10.9. The average Bonchev–Trinajstić information content (AvgIpc) is 2.72. The lowest BCUT2D eigenvalue weighted by molar-refractivity contribution is -0.274. The van der Waals surface area contributed by atoms with Crippen molar-refractivity contribution in [1.82, 2.24) is 0 Å². The zero-order valence-corrected chi connectivity index (χ0v) is 19.1. The van der Waals surface area contributed by atoms with Crippen LogP contribution in [0.15, 0.2) is 42.5 Å². The Bertz CT molecular complexity index is 834. The van der Waals surface area contributed by atoms with Crippen LogP contribution >= 0.6 is 0 Å². The van der Waals surface area contributed by atoms with Gasteiger partial charge in [-0.25, -0.2) is 4.39 Å². The number of rotatable bonds is 9. The van der Waals surface area contributed by atoms with E-state index in [9.17, 15) is 17.6 Å². The fraction of sp³-hybridized carbons (Fsp3) is 0.556. The lowest BCUT2D eigenvalue weighted by atomic mass is 9.77. The molecule has 1 fully saturated rings. The third-order valence-corrected chi connectivity index (χ3v) is 6.64. The normalized spacial score (nSPS) is 19.3. The molecule has 3 rings (SSSR count). The van der Waals surface area contributed by atoms with Crippen LogP contribution in [0.1, 0.15) is 70.8 Å². The number of ether oxygens (including phenoxy) is 1. The van der Waals surface area contributed by atoms with Crippen molar-refractivity contribution in [1.29, 1.82) is 0 Å². The molecule has 0 saturated heterocycles. The number of halogens is 4. The maximum Gasteiger partial charge on any atom is 0.573 e. The molecule has 0 aliphatic heterocycles. The Balaban J connectivity index is 1.46. The monoisotopic (exact) mass is 450 g/mol. The Morgan fingerprint density at radius 2 is 1.53 bits per heavy atom. The molecule has 32 heavy (non-hydrogen) atoms. The van der Waals surface area contributed by atoms with Gasteiger partial charge in [-0.15, -0.1) is 13.2 Å². The molecule has 0 N–H and O–H groups in total. The standard InChI is InChI=1S/C27H34F4O/c1-19(2)4-3-5-20-6-8-21(9-7-20)10-11-22-12-14-23(15-13-22)25-17-16-24(18-26(25)28)32-27(29,30)31/h12-21H,3-11H2,1-2H3. The quantitative estimate of drug-likeness (QED) is 0.346. The van der Waals surface area contributed by atoms with Gasteiger partial charge in [0.15, 0.2) is 0 Å². The van der Waals surface area contributed by atoms with E-state index in [1.54, 1.807) is 0 Å². The van der Waals surface area contributed by atoms with E-state index in [-0.39, 0.29) is 5.56 Å². The van der Waals surface area contributed by atoms with E-state index < -0.39 is 17.9 Å². The van der Waals surface area contributed by atoms with Crippen LogP contribution in [0, 0.1) is 23.6 Å². The van der Waals surface area contributed by atoms with Crippen molar-refractivity contribution in [3.63, 3.8) is 0 Å². The summed E-state index contributed by atoms with van der Waals surface area (Å²) < 4.78 is 55.0. The molecule has 0 bridgehead atoms. The molecule has 0 heterocycles. The molecular weight excluding hydrogens is 416 g/mol. The SMILES string of the molecule is CC(C)CCCC1CCC(CCc2ccc(-c3ccc(OC(F)(F)F)cc3F)cc2)CC1. The van der Waals surface area contributed by atoms with E-state index in [2.05, 4.69) is 18.6 Å². The summed E-state index contributed by atoms with van der Waals surface area (Å²) in [5.74, 6) is 1.22. The lowest BCUT2D eigenvalue weighted by Gasteiger charge is -2.28. The van der Waals surface area contributed by atoms with Crippen molar-refractivity contribution in [2.45, 2.75) is 78.0 Å². The number of aryl methyl sites for hydroxylation is 1. The van der Waals surface area contributed by atoms with Gasteiger partial charge in [0.25, 0.3) is 0 Å². The van der Waals surface area contributed by atoms with E-state index in [1.165, 1.54) is 63.0 Å². The van der Waals surface area contributed by atoms with Gasteiger partial charge in [-0.3, -0.25) is 0 Å². The minimum Gasteiger partial charge on any atom is -0.406 e. The topological polar surface area (TPSA) is 9.23 Å². The highest BCUT2D eigenvalue weighted by Gasteiger charge is 2.31. The zero-order valence-electron chi connectivity index (χ0n) is 19.1. The summed E-state index contributed by atoms with van der Waals surface area (Å²) in [5, 5.41) is 0. The van der Waals surface area contributed by atoms with Gasteiger partial charge in [0.2, 0.25) is 0 Å². The summed E-state index contributed by atoms with van der Waals surface area (Å²) >= 11 is 0. The van der Waals surface area contributed by atoms with Crippen LogP contribution in [0.3, 0.4) is 0 Å². The largest absolute Gasteiger partial charge is 0.573 e. The van der Waals surface area contributed by atoms with Gasteiger partial charge < -0.3 is 4.74 Å². The molecule has 0 radical (unpaired) electrons. The lowest BCUT2D eigenvalue weighted by Crippen LogP contribution is -2.17. The van der Waals surface area contributed by atoms with E-state index >= 15 is 0 Å². The molecule has 2 aromatic carbocycles. The van der Waals surface area contributed by atoms with E-state index in [0.29, 0.717) is 5.56 Å². The maximum absolute atomic E-state index is 14.3. The van der Waals surface area contributed by atoms with Crippen LogP contribution in [0.25, 0.3) is 11.1 Å². The van der Waals surface area contributed by atoms with Crippen molar-refractivity contribution >= 4 is 0 Å². The van der Waals surface area contributed by atoms with E-state index in [4.69, 9.17) is 0 Å². The Kier molecular flexibility index (Phi) is 8.61. The third kappa shape index (κ3) is 7.83. The molecule has 2 aromatic rings. The fourth-order valence-corrected chi connectivity index (χ4v) is 4.77. The van der Waals surface area contributed by atoms with Gasteiger partial charge in [-0.1, -0.05) is 83.1 Å². The number of hydrogen-bond donors (Lipinski definition) is 0. The Morgan fingerprint density at radius 3 is 2.09 bits per heavy atom. The number of benzene rings is 2. The highest BCUT2D eigenvalue weighted by Crippen LogP contribution is 2.35. The van der Waals surface area contributed by atoms with Crippen molar-refractivity contribution < 1.29 is 22.3 Å². The van der Waals surface area contributed by atoms with Crippen molar-refractivity contribution in [3.05, 3.63) is 53.8 Å². The number of alkyl halides is 3. The molecule has 0 spiro atoms. The van der Waals surface area contributed by atoms with Crippen LogP contribution in [0.5, 0.6) is 5.75 Å². The van der Waals surface area contributed by atoms with Gasteiger partial charge in [0.05, 0.1) is 0 Å². The Hall–Kier alpha value is -2.04. The Labute approximate surface area is 189 Å². The van der Waals surface area contributed by atoms with Gasteiger partial charge in [0, 0.05) is 11.6 Å². The maximum atomic E-state index is 14.3. The van der Waals surface area contributed by atoms with E-state index in [1.807, 2.05) is 24.3 Å². The zero-order chi connectivity index (χ0) is 23.1. The smallest absolute Gasteiger partial charge is 0.406 e. The summed E-state index contributed by atoms with van der Waals surface area (Å²) in [6.07, 6.45) is 6.78. The fourth-order valence-electron chi connectivity index (χ4n) is 4.77.